The lowest BCUT2D eigenvalue weighted by molar-refractivity contribution is -0.136. The average molecular weight is 556 g/mol. The van der Waals surface area contributed by atoms with E-state index in [1.165, 1.54) is 7.11 Å². The largest absolute Gasteiger partial charge is 0.486 e. The van der Waals surface area contributed by atoms with Crippen molar-refractivity contribution < 1.29 is 19.1 Å². The van der Waals surface area contributed by atoms with Gasteiger partial charge in [-0.25, -0.2) is 4.79 Å². The second-order valence-corrected chi connectivity index (χ2v) is 10.3. The summed E-state index contributed by atoms with van der Waals surface area (Å²) >= 11 is 13.4. The van der Waals surface area contributed by atoms with Crippen molar-refractivity contribution in [1.82, 2.24) is 5.32 Å². The van der Waals surface area contributed by atoms with Gasteiger partial charge in [0.2, 0.25) is 0 Å². The molecule has 0 amide bonds. The number of fused-ring (bicyclic) bond motifs is 3. The van der Waals surface area contributed by atoms with Crippen LogP contribution in [-0.2, 0) is 16.1 Å². The maximum atomic E-state index is 13.6. The van der Waals surface area contributed by atoms with Crippen molar-refractivity contribution in [2.24, 2.45) is 0 Å². The highest BCUT2D eigenvalue weighted by atomic mass is 35.5. The fourth-order valence-electron chi connectivity index (χ4n) is 5.41. The molecule has 0 saturated heterocycles. The van der Waals surface area contributed by atoms with Gasteiger partial charge in [-0.15, -0.1) is 0 Å². The van der Waals surface area contributed by atoms with Crippen LogP contribution in [-0.4, -0.2) is 18.9 Å². The van der Waals surface area contributed by atoms with E-state index in [0.717, 1.165) is 21.9 Å². The zero-order chi connectivity index (χ0) is 27.3. The Hall–Kier alpha value is -4.06. The molecule has 0 unspecified atom stereocenters. The number of carbonyl (C=O) groups excluding carboxylic acids is 2. The molecular weight excluding hydrogens is 533 g/mol. The van der Waals surface area contributed by atoms with Crippen LogP contribution in [0.4, 0.5) is 0 Å². The van der Waals surface area contributed by atoms with Crippen LogP contribution in [0.15, 0.2) is 95.7 Å². The topological polar surface area (TPSA) is 64.6 Å². The Morgan fingerprint density at radius 2 is 1.56 bits per heavy atom. The summed E-state index contributed by atoms with van der Waals surface area (Å²) in [5, 5.41) is 6.09. The van der Waals surface area contributed by atoms with Crippen LogP contribution in [0, 0.1) is 0 Å². The third kappa shape index (κ3) is 4.28. The number of methoxy groups -OCH3 is 1. The van der Waals surface area contributed by atoms with Crippen LogP contribution in [0.2, 0.25) is 10.0 Å². The molecule has 194 valence electrons. The second kappa shape index (κ2) is 9.92. The van der Waals surface area contributed by atoms with Crippen molar-refractivity contribution in [3.05, 3.63) is 128 Å². The van der Waals surface area contributed by atoms with Crippen LogP contribution in [0.1, 0.15) is 39.9 Å². The third-order valence-corrected chi connectivity index (χ3v) is 7.77. The quantitative estimate of drug-likeness (QED) is 0.259. The lowest BCUT2D eigenvalue weighted by atomic mass is 9.80. The number of rotatable bonds is 5. The SMILES string of the molecule is COC(=O)C1=C(C)NC2=C(C(=O)c3ccccc32)[C@@H]1c1cc(Cl)c(OCc2ccc3ccccc3c2)c(Cl)c1. The summed E-state index contributed by atoms with van der Waals surface area (Å²) in [5.41, 5.74) is 4.99. The molecule has 0 saturated carbocycles. The van der Waals surface area contributed by atoms with Crippen LogP contribution in [0.5, 0.6) is 5.75 Å². The Balaban J connectivity index is 1.38. The van der Waals surface area contributed by atoms with Crippen LogP contribution in [0.25, 0.3) is 16.5 Å². The van der Waals surface area contributed by atoms with Gasteiger partial charge in [0.1, 0.15) is 6.61 Å². The summed E-state index contributed by atoms with van der Waals surface area (Å²) in [7, 11) is 1.32. The molecule has 0 fully saturated rings. The van der Waals surface area contributed by atoms with Crippen molar-refractivity contribution in [3.8, 4) is 5.75 Å². The maximum Gasteiger partial charge on any atom is 0.336 e. The van der Waals surface area contributed by atoms with Crippen LogP contribution >= 0.6 is 23.2 Å². The van der Waals surface area contributed by atoms with Gasteiger partial charge in [-0.2, -0.15) is 0 Å². The zero-order valence-electron chi connectivity index (χ0n) is 21.2. The summed E-state index contributed by atoms with van der Waals surface area (Å²) in [6, 6.07) is 25.0. The summed E-state index contributed by atoms with van der Waals surface area (Å²) in [4.78, 5) is 26.6. The van der Waals surface area contributed by atoms with Gasteiger partial charge in [0.05, 0.1) is 28.4 Å². The Labute approximate surface area is 235 Å². The third-order valence-electron chi connectivity index (χ3n) is 7.21. The van der Waals surface area contributed by atoms with E-state index < -0.39 is 11.9 Å². The molecule has 1 aliphatic carbocycles. The Bertz CT molecular complexity index is 1730. The molecule has 1 N–H and O–H groups in total. The Morgan fingerprint density at radius 1 is 0.897 bits per heavy atom. The lowest BCUT2D eigenvalue weighted by Gasteiger charge is -2.29. The normalized spacial score (nSPS) is 16.2. The van der Waals surface area contributed by atoms with E-state index >= 15 is 0 Å². The highest BCUT2D eigenvalue weighted by Crippen LogP contribution is 2.48. The first-order valence-electron chi connectivity index (χ1n) is 12.4. The van der Waals surface area contributed by atoms with Crippen molar-refractivity contribution in [2.75, 3.05) is 7.11 Å². The van der Waals surface area contributed by atoms with E-state index in [1.54, 1.807) is 25.1 Å². The number of Topliss-reactive ketones (excluding diaryl/α,β-unsaturated/α-hetero) is 1. The molecule has 7 heteroatoms. The maximum absolute atomic E-state index is 13.6. The highest BCUT2D eigenvalue weighted by molar-refractivity contribution is 6.37. The molecule has 0 aromatic heterocycles. The monoisotopic (exact) mass is 555 g/mol. The molecule has 1 aliphatic heterocycles. The number of allylic oxidation sites excluding steroid dienone is 2. The summed E-state index contributed by atoms with van der Waals surface area (Å²) < 4.78 is 11.2. The average Bonchev–Trinajstić information content (AvgIpc) is 3.22. The fraction of sp³-hybridized carbons (Fsp3) is 0.125. The van der Waals surface area contributed by atoms with Gasteiger partial charge in [0.15, 0.2) is 11.5 Å². The van der Waals surface area contributed by atoms with Gasteiger partial charge in [-0.05, 0) is 47.0 Å². The summed E-state index contributed by atoms with van der Waals surface area (Å²) in [5.74, 6) is -1.09. The number of ketones is 1. The molecule has 0 spiro atoms. The molecule has 1 heterocycles. The van der Waals surface area contributed by atoms with Gasteiger partial charge in [0.25, 0.3) is 0 Å². The number of carbonyl (C=O) groups is 2. The van der Waals surface area contributed by atoms with E-state index in [1.807, 2.05) is 48.5 Å². The van der Waals surface area contributed by atoms with Gasteiger partial charge >= 0.3 is 5.97 Å². The Kier molecular flexibility index (Phi) is 6.42. The number of benzene rings is 4. The summed E-state index contributed by atoms with van der Waals surface area (Å²) in [6.45, 7) is 2.06. The number of ether oxygens (including phenoxy) is 2. The summed E-state index contributed by atoms with van der Waals surface area (Å²) in [6.07, 6.45) is 0. The molecule has 4 aromatic carbocycles. The predicted octanol–water partition coefficient (Wildman–Crippen LogP) is 7.47. The highest BCUT2D eigenvalue weighted by Gasteiger charge is 2.43. The zero-order valence-corrected chi connectivity index (χ0v) is 22.7. The number of dihydropyridines is 1. The van der Waals surface area contributed by atoms with Gasteiger partial charge < -0.3 is 14.8 Å². The lowest BCUT2D eigenvalue weighted by Crippen LogP contribution is -2.29. The van der Waals surface area contributed by atoms with Gasteiger partial charge in [-0.3, -0.25) is 4.79 Å². The first-order valence-corrected chi connectivity index (χ1v) is 13.2. The minimum absolute atomic E-state index is 0.157. The molecule has 5 nitrogen and oxygen atoms in total. The van der Waals surface area contributed by atoms with Crippen molar-refractivity contribution in [3.63, 3.8) is 0 Å². The molecule has 6 rings (SSSR count). The number of nitrogens with one attached hydrogen (secondary N) is 1. The van der Waals surface area contributed by atoms with Crippen molar-refractivity contribution >= 4 is 51.4 Å². The van der Waals surface area contributed by atoms with Crippen molar-refractivity contribution in [2.45, 2.75) is 19.4 Å². The molecule has 2 aliphatic rings. The predicted molar refractivity (Wildman–Crippen MR) is 153 cm³/mol. The number of hydrogen-bond donors (Lipinski definition) is 1. The van der Waals surface area contributed by atoms with Gasteiger partial charge in [0, 0.05) is 28.3 Å². The molecule has 0 radical (unpaired) electrons. The minimum Gasteiger partial charge on any atom is -0.486 e. The smallest absolute Gasteiger partial charge is 0.336 e. The van der Waals surface area contributed by atoms with E-state index in [2.05, 4.69) is 17.4 Å². The van der Waals surface area contributed by atoms with E-state index in [4.69, 9.17) is 32.7 Å². The van der Waals surface area contributed by atoms with Crippen LogP contribution in [0.3, 0.4) is 0 Å². The number of halogens is 2. The van der Waals surface area contributed by atoms with Gasteiger partial charge in [-0.1, -0.05) is 83.9 Å². The first kappa shape index (κ1) is 25.2. The van der Waals surface area contributed by atoms with E-state index in [9.17, 15) is 9.59 Å². The molecule has 1 atom stereocenters. The Morgan fingerprint density at radius 3 is 2.28 bits per heavy atom. The molecule has 39 heavy (non-hydrogen) atoms. The van der Waals surface area contributed by atoms with Crippen molar-refractivity contribution in [1.29, 1.82) is 0 Å². The number of hydrogen-bond acceptors (Lipinski definition) is 5. The minimum atomic E-state index is -0.724. The van der Waals surface area contributed by atoms with Crippen LogP contribution < -0.4 is 10.1 Å². The molecule has 0 bridgehead atoms. The standard InChI is InChI=1S/C32H23Cl2NO4/c1-17-26(32(37)38-2)27(28-29(35-17)22-9-5-6-10-23(22)30(28)36)21-14-24(33)31(25(34)15-21)39-16-18-11-12-19-7-3-4-8-20(19)13-18/h3-15,27,35H,16H2,1-2H3/t27-/m1/s1. The fourth-order valence-corrected chi connectivity index (χ4v) is 6.02. The molecular formula is C32H23Cl2NO4. The number of esters is 1. The van der Waals surface area contributed by atoms with E-state index in [0.29, 0.717) is 39.4 Å². The molecule has 4 aromatic rings. The van der Waals surface area contributed by atoms with E-state index in [-0.39, 0.29) is 22.4 Å². The second-order valence-electron chi connectivity index (χ2n) is 9.54. The first-order chi connectivity index (χ1) is 18.9.